The number of benzene rings is 1. The standard InChI is InChI=1S/C17H23N3O/c1-13-11-14(2)20(19-13)9-10-21-17-7-3-15(4-8-17)12-18-16-5-6-16/h3-4,7-8,11,16,18H,5-6,9-10,12H2,1-2H3. The predicted molar refractivity (Wildman–Crippen MR) is 83.5 cm³/mol. The zero-order valence-electron chi connectivity index (χ0n) is 12.8. The lowest BCUT2D eigenvalue weighted by Gasteiger charge is -2.09. The number of nitrogens with zero attached hydrogens (tertiary/aromatic N) is 2. The van der Waals surface area contributed by atoms with Crippen molar-refractivity contribution in [2.75, 3.05) is 6.61 Å². The Hall–Kier alpha value is -1.81. The first kappa shape index (κ1) is 14.1. The van der Waals surface area contributed by atoms with Crippen molar-refractivity contribution in [3.63, 3.8) is 0 Å². The average Bonchev–Trinajstić information content (AvgIpc) is 3.24. The molecule has 4 nitrogen and oxygen atoms in total. The van der Waals surface area contributed by atoms with Crippen LogP contribution >= 0.6 is 0 Å². The van der Waals surface area contributed by atoms with E-state index in [2.05, 4.69) is 35.5 Å². The third kappa shape index (κ3) is 4.08. The van der Waals surface area contributed by atoms with Crippen LogP contribution in [0.5, 0.6) is 5.75 Å². The Balaban J connectivity index is 1.45. The molecule has 0 radical (unpaired) electrons. The van der Waals surface area contributed by atoms with E-state index in [0.29, 0.717) is 6.61 Å². The average molecular weight is 285 g/mol. The van der Waals surface area contributed by atoms with Crippen molar-refractivity contribution >= 4 is 0 Å². The topological polar surface area (TPSA) is 39.1 Å². The molecular formula is C17H23N3O. The summed E-state index contributed by atoms with van der Waals surface area (Å²) in [6.45, 7) is 6.46. The summed E-state index contributed by atoms with van der Waals surface area (Å²) in [4.78, 5) is 0. The van der Waals surface area contributed by atoms with Crippen molar-refractivity contribution in [1.82, 2.24) is 15.1 Å². The quantitative estimate of drug-likeness (QED) is 0.850. The largest absolute Gasteiger partial charge is 0.492 e. The summed E-state index contributed by atoms with van der Waals surface area (Å²) < 4.78 is 7.78. The molecule has 112 valence electrons. The highest BCUT2D eigenvalue weighted by molar-refractivity contribution is 5.27. The molecule has 0 aliphatic heterocycles. The van der Waals surface area contributed by atoms with Crippen molar-refractivity contribution in [3.8, 4) is 5.75 Å². The molecule has 1 aliphatic carbocycles. The van der Waals surface area contributed by atoms with Gasteiger partial charge in [0, 0.05) is 18.3 Å². The molecule has 3 rings (SSSR count). The van der Waals surface area contributed by atoms with Gasteiger partial charge in [-0.2, -0.15) is 5.10 Å². The van der Waals surface area contributed by atoms with Crippen LogP contribution in [-0.4, -0.2) is 22.4 Å². The maximum absolute atomic E-state index is 5.79. The van der Waals surface area contributed by atoms with E-state index in [-0.39, 0.29) is 0 Å². The Bertz CT molecular complexity index is 585. The van der Waals surface area contributed by atoms with E-state index in [1.807, 2.05) is 23.7 Å². The zero-order chi connectivity index (χ0) is 14.7. The van der Waals surface area contributed by atoms with E-state index in [4.69, 9.17) is 4.74 Å². The molecule has 0 spiro atoms. The van der Waals surface area contributed by atoms with Gasteiger partial charge in [-0.1, -0.05) is 12.1 Å². The fraction of sp³-hybridized carbons (Fsp3) is 0.471. The lowest BCUT2D eigenvalue weighted by Crippen LogP contribution is -2.15. The molecule has 2 aromatic rings. The number of nitrogens with one attached hydrogen (secondary N) is 1. The second-order valence-electron chi connectivity index (χ2n) is 5.80. The van der Waals surface area contributed by atoms with Crippen molar-refractivity contribution in [2.24, 2.45) is 0 Å². The predicted octanol–water partition coefficient (Wildman–Crippen LogP) is 2.83. The van der Waals surface area contributed by atoms with Gasteiger partial charge in [-0.3, -0.25) is 4.68 Å². The lowest BCUT2D eigenvalue weighted by atomic mass is 10.2. The van der Waals surface area contributed by atoms with Crippen LogP contribution in [0.1, 0.15) is 29.8 Å². The third-order valence-corrected chi connectivity index (χ3v) is 3.77. The van der Waals surface area contributed by atoms with Crippen LogP contribution in [0.3, 0.4) is 0 Å². The van der Waals surface area contributed by atoms with Gasteiger partial charge in [-0.15, -0.1) is 0 Å². The molecule has 1 saturated carbocycles. The molecule has 0 atom stereocenters. The van der Waals surface area contributed by atoms with E-state index < -0.39 is 0 Å². The molecule has 1 N–H and O–H groups in total. The molecule has 1 aromatic carbocycles. The summed E-state index contributed by atoms with van der Waals surface area (Å²) in [6.07, 6.45) is 2.65. The van der Waals surface area contributed by atoms with Gasteiger partial charge in [-0.25, -0.2) is 0 Å². The first-order valence-electron chi connectivity index (χ1n) is 7.67. The van der Waals surface area contributed by atoms with Crippen LogP contribution < -0.4 is 10.1 Å². The number of rotatable bonds is 7. The first-order valence-corrected chi connectivity index (χ1v) is 7.67. The number of ether oxygens (including phenoxy) is 1. The SMILES string of the molecule is Cc1cc(C)n(CCOc2ccc(CNC3CC3)cc2)n1. The highest BCUT2D eigenvalue weighted by atomic mass is 16.5. The molecule has 1 heterocycles. The van der Waals surface area contributed by atoms with Crippen LogP contribution in [0.15, 0.2) is 30.3 Å². The Kier molecular flexibility index (Phi) is 4.25. The van der Waals surface area contributed by atoms with Crippen LogP contribution in [0.2, 0.25) is 0 Å². The van der Waals surface area contributed by atoms with Crippen molar-refractivity contribution in [1.29, 1.82) is 0 Å². The van der Waals surface area contributed by atoms with Gasteiger partial charge in [0.05, 0.1) is 12.2 Å². The number of aromatic nitrogens is 2. The fourth-order valence-electron chi connectivity index (χ4n) is 2.40. The molecule has 0 bridgehead atoms. The van der Waals surface area contributed by atoms with E-state index in [1.165, 1.54) is 24.1 Å². The Labute approximate surface area is 126 Å². The molecule has 0 unspecified atom stereocenters. The van der Waals surface area contributed by atoms with Gasteiger partial charge in [0.2, 0.25) is 0 Å². The van der Waals surface area contributed by atoms with Crippen LogP contribution in [0, 0.1) is 13.8 Å². The second kappa shape index (κ2) is 6.31. The van der Waals surface area contributed by atoms with Crippen molar-refractivity contribution < 1.29 is 4.74 Å². The number of aryl methyl sites for hydroxylation is 2. The van der Waals surface area contributed by atoms with Gasteiger partial charge in [0.15, 0.2) is 0 Å². The maximum Gasteiger partial charge on any atom is 0.119 e. The lowest BCUT2D eigenvalue weighted by molar-refractivity contribution is 0.289. The molecule has 1 fully saturated rings. The van der Waals surface area contributed by atoms with Crippen molar-refractivity contribution in [3.05, 3.63) is 47.3 Å². The Morgan fingerprint density at radius 3 is 2.62 bits per heavy atom. The number of hydrogen-bond acceptors (Lipinski definition) is 3. The number of hydrogen-bond donors (Lipinski definition) is 1. The molecular weight excluding hydrogens is 262 g/mol. The summed E-state index contributed by atoms with van der Waals surface area (Å²) in [6, 6.07) is 11.2. The van der Waals surface area contributed by atoms with E-state index in [0.717, 1.165) is 30.6 Å². The van der Waals surface area contributed by atoms with Gasteiger partial charge < -0.3 is 10.1 Å². The Morgan fingerprint density at radius 2 is 2.00 bits per heavy atom. The highest BCUT2D eigenvalue weighted by Crippen LogP contribution is 2.20. The normalized spacial score (nSPS) is 14.4. The molecule has 1 aliphatic rings. The second-order valence-corrected chi connectivity index (χ2v) is 5.80. The van der Waals surface area contributed by atoms with Gasteiger partial charge in [0.1, 0.15) is 12.4 Å². The molecule has 1 aromatic heterocycles. The zero-order valence-corrected chi connectivity index (χ0v) is 12.8. The molecule has 4 heteroatoms. The minimum absolute atomic E-state index is 0.641. The molecule has 0 saturated heterocycles. The minimum Gasteiger partial charge on any atom is -0.492 e. The summed E-state index contributed by atoms with van der Waals surface area (Å²) in [5.74, 6) is 0.923. The van der Waals surface area contributed by atoms with Gasteiger partial charge >= 0.3 is 0 Å². The molecule has 21 heavy (non-hydrogen) atoms. The van der Waals surface area contributed by atoms with Crippen LogP contribution in [0.25, 0.3) is 0 Å². The van der Waals surface area contributed by atoms with E-state index in [1.54, 1.807) is 0 Å². The van der Waals surface area contributed by atoms with E-state index in [9.17, 15) is 0 Å². The first-order chi connectivity index (χ1) is 10.2. The molecule has 0 amide bonds. The summed E-state index contributed by atoms with van der Waals surface area (Å²) >= 11 is 0. The van der Waals surface area contributed by atoms with Crippen LogP contribution in [0.4, 0.5) is 0 Å². The summed E-state index contributed by atoms with van der Waals surface area (Å²) in [5.41, 5.74) is 3.55. The van der Waals surface area contributed by atoms with E-state index >= 15 is 0 Å². The van der Waals surface area contributed by atoms with Gasteiger partial charge in [-0.05, 0) is 50.5 Å². The van der Waals surface area contributed by atoms with Gasteiger partial charge in [0.25, 0.3) is 0 Å². The maximum atomic E-state index is 5.79. The summed E-state index contributed by atoms with van der Waals surface area (Å²) in [5, 5.41) is 7.94. The highest BCUT2D eigenvalue weighted by Gasteiger charge is 2.19. The third-order valence-electron chi connectivity index (χ3n) is 3.77. The Morgan fingerprint density at radius 1 is 1.24 bits per heavy atom. The van der Waals surface area contributed by atoms with Crippen LogP contribution in [-0.2, 0) is 13.1 Å². The minimum atomic E-state index is 0.641. The summed E-state index contributed by atoms with van der Waals surface area (Å²) in [7, 11) is 0. The fourth-order valence-corrected chi connectivity index (χ4v) is 2.40. The smallest absolute Gasteiger partial charge is 0.119 e. The monoisotopic (exact) mass is 285 g/mol. The van der Waals surface area contributed by atoms with Crippen molar-refractivity contribution in [2.45, 2.75) is 45.8 Å².